The van der Waals surface area contributed by atoms with E-state index < -0.39 is 0 Å². The zero-order valence-electron chi connectivity index (χ0n) is 15.0. The van der Waals surface area contributed by atoms with Crippen molar-refractivity contribution < 1.29 is 4.74 Å². The molecule has 6 heteroatoms. The monoisotopic (exact) mass is 349 g/mol. The normalized spacial score (nSPS) is 11.6. The molecule has 0 amide bonds. The number of guanidine groups is 1. The molecule has 134 valence electrons. The minimum atomic E-state index is 0.150. The molecule has 2 aromatic carbocycles. The highest BCUT2D eigenvalue weighted by atomic mass is 16.5. The Morgan fingerprint density at radius 2 is 1.88 bits per heavy atom. The van der Waals surface area contributed by atoms with Crippen LogP contribution in [-0.2, 0) is 6.54 Å². The third-order valence-corrected chi connectivity index (χ3v) is 3.59. The Balaban J connectivity index is 1.58. The van der Waals surface area contributed by atoms with Crippen molar-refractivity contribution in [3.05, 3.63) is 72.6 Å². The highest BCUT2D eigenvalue weighted by Gasteiger charge is 2.02. The summed E-state index contributed by atoms with van der Waals surface area (Å²) in [5, 5.41) is 7.43. The Kier molecular flexibility index (Phi) is 5.53. The first-order valence-corrected chi connectivity index (χ1v) is 8.53. The van der Waals surface area contributed by atoms with Crippen LogP contribution >= 0.6 is 0 Å². The van der Waals surface area contributed by atoms with E-state index in [0.717, 1.165) is 22.7 Å². The van der Waals surface area contributed by atoms with Crippen molar-refractivity contribution in [1.82, 2.24) is 9.78 Å². The number of nitrogens with one attached hydrogen (secondary N) is 1. The van der Waals surface area contributed by atoms with Crippen LogP contribution in [0, 0.1) is 0 Å². The number of anilines is 1. The third-order valence-electron chi connectivity index (χ3n) is 3.59. The van der Waals surface area contributed by atoms with E-state index in [1.807, 2.05) is 79.3 Å². The van der Waals surface area contributed by atoms with Gasteiger partial charge in [-0.3, -0.25) is 0 Å². The van der Waals surface area contributed by atoms with Crippen molar-refractivity contribution in [2.24, 2.45) is 10.7 Å². The minimum Gasteiger partial charge on any atom is -0.491 e. The minimum absolute atomic E-state index is 0.150. The predicted molar refractivity (Wildman–Crippen MR) is 105 cm³/mol. The molecule has 3 rings (SSSR count). The molecule has 26 heavy (non-hydrogen) atoms. The van der Waals surface area contributed by atoms with Gasteiger partial charge < -0.3 is 15.8 Å². The van der Waals surface area contributed by atoms with Crippen LogP contribution in [0.2, 0.25) is 0 Å². The summed E-state index contributed by atoms with van der Waals surface area (Å²) >= 11 is 0. The van der Waals surface area contributed by atoms with Gasteiger partial charge in [0.15, 0.2) is 5.96 Å². The number of nitrogens with two attached hydrogens (primary N) is 1. The Labute approximate surface area is 153 Å². The summed E-state index contributed by atoms with van der Waals surface area (Å²) in [7, 11) is 0. The highest BCUT2D eigenvalue weighted by molar-refractivity contribution is 5.92. The molecule has 0 radical (unpaired) electrons. The van der Waals surface area contributed by atoms with Gasteiger partial charge in [0.1, 0.15) is 5.75 Å². The molecule has 0 aliphatic heterocycles. The molecule has 0 saturated carbocycles. The molecule has 0 fully saturated rings. The summed E-state index contributed by atoms with van der Waals surface area (Å²) in [4.78, 5) is 4.37. The lowest BCUT2D eigenvalue weighted by Gasteiger charge is -2.10. The topological polar surface area (TPSA) is 77.5 Å². The third kappa shape index (κ3) is 4.86. The average Bonchev–Trinajstić information content (AvgIpc) is 3.11. The molecular weight excluding hydrogens is 326 g/mol. The number of hydrogen-bond acceptors (Lipinski definition) is 3. The number of ether oxygens (including phenoxy) is 1. The number of aliphatic imine (C=N–C) groups is 1. The van der Waals surface area contributed by atoms with Crippen LogP contribution in [0.25, 0.3) is 5.69 Å². The van der Waals surface area contributed by atoms with Gasteiger partial charge in [0, 0.05) is 17.4 Å². The quantitative estimate of drug-likeness (QED) is 0.527. The van der Waals surface area contributed by atoms with Gasteiger partial charge in [0.05, 0.1) is 24.5 Å². The summed E-state index contributed by atoms with van der Waals surface area (Å²) in [5.74, 6) is 1.18. The zero-order valence-corrected chi connectivity index (χ0v) is 15.0. The number of aromatic nitrogens is 2. The zero-order chi connectivity index (χ0) is 18.4. The van der Waals surface area contributed by atoms with E-state index in [1.54, 1.807) is 6.20 Å². The van der Waals surface area contributed by atoms with Crippen LogP contribution in [0.15, 0.2) is 72.0 Å². The molecule has 3 N–H and O–H groups in total. The molecule has 0 aliphatic rings. The van der Waals surface area contributed by atoms with Gasteiger partial charge in [-0.1, -0.05) is 18.2 Å². The number of hydrogen-bond donors (Lipinski definition) is 2. The van der Waals surface area contributed by atoms with Crippen LogP contribution in [0.3, 0.4) is 0 Å². The summed E-state index contributed by atoms with van der Waals surface area (Å²) in [6, 6.07) is 17.6. The second kappa shape index (κ2) is 8.20. The van der Waals surface area contributed by atoms with Crippen molar-refractivity contribution >= 4 is 11.6 Å². The predicted octanol–water partition coefficient (Wildman–Crippen LogP) is 3.59. The summed E-state index contributed by atoms with van der Waals surface area (Å²) < 4.78 is 7.44. The molecule has 3 aromatic rings. The van der Waals surface area contributed by atoms with Crippen molar-refractivity contribution in [2.45, 2.75) is 26.5 Å². The summed E-state index contributed by atoms with van der Waals surface area (Å²) in [6.07, 6.45) is 3.89. The van der Waals surface area contributed by atoms with Crippen molar-refractivity contribution in [2.75, 3.05) is 5.32 Å². The SMILES string of the molecule is CC(C)Oc1ccc(NC(N)=NCc2cnn(-c3ccccc3)c2)cc1. The van der Waals surface area contributed by atoms with Crippen LogP contribution < -0.4 is 15.8 Å². The van der Waals surface area contributed by atoms with Crippen molar-refractivity contribution in [3.8, 4) is 11.4 Å². The van der Waals surface area contributed by atoms with E-state index in [1.165, 1.54) is 0 Å². The molecule has 0 bridgehead atoms. The first kappa shape index (κ1) is 17.5. The molecular formula is C20H23N5O. The van der Waals surface area contributed by atoms with E-state index in [2.05, 4.69) is 15.4 Å². The van der Waals surface area contributed by atoms with Crippen LogP contribution in [0.1, 0.15) is 19.4 Å². The molecule has 0 atom stereocenters. The smallest absolute Gasteiger partial charge is 0.193 e. The van der Waals surface area contributed by atoms with Crippen LogP contribution in [0.5, 0.6) is 5.75 Å². The van der Waals surface area contributed by atoms with Gasteiger partial charge in [-0.2, -0.15) is 5.10 Å². The van der Waals surface area contributed by atoms with Crippen molar-refractivity contribution in [1.29, 1.82) is 0 Å². The summed E-state index contributed by atoms with van der Waals surface area (Å²) in [6.45, 7) is 4.45. The summed E-state index contributed by atoms with van der Waals surface area (Å²) in [5.41, 5.74) is 8.83. The fourth-order valence-electron chi connectivity index (χ4n) is 2.42. The number of rotatable bonds is 6. The van der Waals surface area contributed by atoms with Gasteiger partial charge >= 0.3 is 0 Å². The van der Waals surface area contributed by atoms with Gasteiger partial charge in [0.25, 0.3) is 0 Å². The second-order valence-corrected chi connectivity index (χ2v) is 6.15. The van der Waals surface area contributed by atoms with Gasteiger partial charge in [-0.15, -0.1) is 0 Å². The molecule has 6 nitrogen and oxygen atoms in total. The van der Waals surface area contributed by atoms with Gasteiger partial charge in [0.2, 0.25) is 0 Å². The van der Waals surface area contributed by atoms with E-state index in [9.17, 15) is 0 Å². The lowest BCUT2D eigenvalue weighted by Crippen LogP contribution is -2.22. The first-order chi connectivity index (χ1) is 12.6. The Hall–Kier alpha value is -3.28. The van der Waals surface area contributed by atoms with Gasteiger partial charge in [-0.05, 0) is 50.2 Å². The average molecular weight is 349 g/mol. The largest absolute Gasteiger partial charge is 0.491 e. The van der Waals surface area contributed by atoms with E-state index in [4.69, 9.17) is 10.5 Å². The maximum Gasteiger partial charge on any atom is 0.193 e. The highest BCUT2D eigenvalue weighted by Crippen LogP contribution is 2.16. The lowest BCUT2D eigenvalue weighted by atomic mass is 10.3. The molecule has 1 heterocycles. The maximum absolute atomic E-state index is 5.97. The van der Waals surface area contributed by atoms with E-state index in [-0.39, 0.29) is 6.10 Å². The number of benzene rings is 2. The molecule has 1 aromatic heterocycles. The fraction of sp³-hybridized carbons (Fsp3) is 0.200. The van der Waals surface area contributed by atoms with Crippen LogP contribution in [-0.4, -0.2) is 21.8 Å². The number of para-hydroxylation sites is 1. The first-order valence-electron chi connectivity index (χ1n) is 8.53. The van der Waals surface area contributed by atoms with Crippen LogP contribution in [0.4, 0.5) is 5.69 Å². The molecule has 0 unspecified atom stereocenters. The Morgan fingerprint density at radius 1 is 1.15 bits per heavy atom. The van der Waals surface area contributed by atoms with Crippen molar-refractivity contribution in [3.63, 3.8) is 0 Å². The van der Waals surface area contributed by atoms with E-state index in [0.29, 0.717) is 12.5 Å². The maximum atomic E-state index is 5.97. The Bertz CT molecular complexity index is 853. The molecule has 0 spiro atoms. The molecule has 0 aliphatic carbocycles. The fourth-order valence-corrected chi connectivity index (χ4v) is 2.42. The van der Waals surface area contributed by atoms with E-state index >= 15 is 0 Å². The number of nitrogens with zero attached hydrogens (tertiary/aromatic N) is 3. The standard InChI is InChI=1S/C20H23N5O/c1-15(2)26-19-10-8-17(9-11-19)24-20(21)22-12-16-13-23-25(14-16)18-6-4-3-5-7-18/h3-11,13-15H,12H2,1-2H3,(H3,21,22,24). The second-order valence-electron chi connectivity index (χ2n) is 6.15. The van der Waals surface area contributed by atoms with Gasteiger partial charge in [-0.25, -0.2) is 9.67 Å². The Morgan fingerprint density at radius 3 is 2.58 bits per heavy atom. The lowest BCUT2D eigenvalue weighted by molar-refractivity contribution is 0.242. The molecule has 0 saturated heterocycles.